The number of amides is 4. The van der Waals surface area contributed by atoms with Gasteiger partial charge < -0.3 is 24.9 Å². The molecule has 11 nitrogen and oxygen atoms in total. The van der Waals surface area contributed by atoms with Gasteiger partial charge in [-0.1, -0.05) is 13.8 Å². The largest absolute Gasteiger partial charge is 0.444 e. The van der Waals surface area contributed by atoms with Gasteiger partial charge in [-0.3, -0.25) is 9.59 Å². The second-order valence-electron chi connectivity index (χ2n) is 9.21. The van der Waals surface area contributed by atoms with E-state index in [1.54, 1.807) is 55.4 Å². The van der Waals surface area contributed by atoms with Gasteiger partial charge in [0.1, 0.15) is 23.3 Å². The molecule has 1 heterocycles. The summed E-state index contributed by atoms with van der Waals surface area (Å²) in [6.45, 7) is 13.2. The van der Waals surface area contributed by atoms with Gasteiger partial charge >= 0.3 is 18.2 Å². The third-order valence-corrected chi connectivity index (χ3v) is 3.57. The van der Waals surface area contributed by atoms with Crippen molar-refractivity contribution in [3.8, 4) is 0 Å². The lowest BCUT2D eigenvalue weighted by Gasteiger charge is -2.25. The smallest absolute Gasteiger partial charge is 0.408 e. The van der Waals surface area contributed by atoms with Crippen LogP contribution in [0.15, 0.2) is 0 Å². The number of hydrogen-bond donors (Lipinski definition) is 2. The Morgan fingerprint density at radius 3 is 1.93 bits per heavy atom. The number of hydrogen-bond acceptors (Lipinski definition) is 8. The van der Waals surface area contributed by atoms with Crippen LogP contribution in [0.4, 0.5) is 9.59 Å². The molecule has 1 fully saturated rings. The average Bonchev–Trinajstić information content (AvgIpc) is 2.76. The average molecular weight is 429 g/mol. The van der Waals surface area contributed by atoms with Gasteiger partial charge in [0.15, 0.2) is 0 Å². The van der Waals surface area contributed by atoms with Crippen LogP contribution in [0.1, 0.15) is 61.8 Å². The van der Waals surface area contributed by atoms with Crippen molar-refractivity contribution in [1.82, 2.24) is 15.7 Å². The molecule has 170 valence electrons. The summed E-state index contributed by atoms with van der Waals surface area (Å²) in [4.78, 5) is 65.8. The van der Waals surface area contributed by atoms with Crippen LogP contribution in [0.3, 0.4) is 0 Å². The molecule has 0 saturated carbocycles. The number of imide groups is 1. The van der Waals surface area contributed by atoms with E-state index in [-0.39, 0.29) is 5.06 Å². The van der Waals surface area contributed by atoms with Crippen LogP contribution in [-0.4, -0.2) is 58.3 Å². The van der Waals surface area contributed by atoms with Crippen LogP contribution in [0.5, 0.6) is 0 Å². The van der Waals surface area contributed by atoms with E-state index >= 15 is 0 Å². The number of nitrogens with one attached hydrogen (secondary N) is 2. The summed E-state index contributed by atoms with van der Waals surface area (Å²) in [6, 6.07) is -2.39. The maximum Gasteiger partial charge on any atom is 0.408 e. The highest BCUT2D eigenvalue weighted by molar-refractivity contribution is 6.06. The van der Waals surface area contributed by atoms with E-state index in [0.717, 1.165) is 0 Å². The summed E-state index contributed by atoms with van der Waals surface area (Å²) in [6.07, 6.45) is -2.12. The van der Waals surface area contributed by atoms with Crippen molar-refractivity contribution in [1.29, 1.82) is 0 Å². The molecule has 1 aliphatic heterocycles. The van der Waals surface area contributed by atoms with Gasteiger partial charge in [-0.15, -0.1) is 5.06 Å². The van der Waals surface area contributed by atoms with Crippen LogP contribution >= 0.6 is 0 Å². The van der Waals surface area contributed by atoms with Gasteiger partial charge in [0.2, 0.25) is 0 Å². The van der Waals surface area contributed by atoms with Crippen molar-refractivity contribution < 1.29 is 38.3 Å². The van der Waals surface area contributed by atoms with Crippen LogP contribution in [-0.2, 0) is 28.7 Å². The molecule has 0 aliphatic carbocycles. The first-order valence-electron chi connectivity index (χ1n) is 9.58. The van der Waals surface area contributed by atoms with E-state index in [1.165, 1.54) is 0 Å². The summed E-state index contributed by atoms with van der Waals surface area (Å²) in [5.74, 6) is -3.17. The molecule has 11 heteroatoms. The highest BCUT2D eigenvalue weighted by Gasteiger charge is 2.44. The molecule has 2 N–H and O–H groups in total. The van der Waals surface area contributed by atoms with E-state index in [2.05, 4.69) is 10.6 Å². The SMILES string of the molecule is CC(C)[C@H](NC(=O)OC(C)(C)C)C(=O)ON1C(=O)C[C@H](NC(=O)OC(C)(C)C)C1=O. The van der Waals surface area contributed by atoms with Crippen LogP contribution in [0, 0.1) is 5.92 Å². The first-order chi connectivity index (χ1) is 13.5. The Hall–Kier alpha value is -2.85. The van der Waals surface area contributed by atoms with Gasteiger partial charge in [-0.2, -0.15) is 0 Å². The standard InChI is InChI=1S/C19H31N3O8/c1-10(2)13(21-17(27)29-19(6,7)8)15(25)30-22-12(23)9-11(14(22)24)20-16(26)28-18(3,4)5/h10-11,13H,9H2,1-8H3,(H,20,26)(H,21,27)/t11-,13-/m0/s1. The second kappa shape index (κ2) is 9.31. The molecular formula is C19H31N3O8. The minimum absolute atomic E-state index is 0.288. The fraction of sp³-hybridized carbons (Fsp3) is 0.737. The maximum atomic E-state index is 12.5. The number of carbonyl (C=O) groups excluding carboxylic acids is 5. The molecule has 0 aromatic heterocycles. The fourth-order valence-electron chi connectivity index (χ4n) is 2.35. The van der Waals surface area contributed by atoms with Crippen molar-refractivity contribution in [2.24, 2.45) is 5.92 Å². The molecule has 0 aromatic rings. The van der Waals surface area contributed by atoms with Gasteiger partial charge in [-0.05, 0) is 47.5 Å². The minimum Gasteiger partial charge on any atom is -0.444 e. The summed E-state index contributed by atoms with van der Waals surface area (Å²) in [5.41, 5.74) is -1.57. The van der Waals surface area contributed by atoms with E-state index < -0.39 is 65.6 Å². The van der Waals surface area contributed by atoms with E-state index in [4.69, 9.17) is 14.3 Å². The van der Waals surface area contributed by atoms with Crippen LogP contribution < -0.4 is 10.6 Å². The predicted molar refractivity (Wildman–Crippen MR) is 104 cm³/mol. The third-order valence-electron chi connectivity index (χ3n) is 3.57. The zero-order chi connectivity index (χ0) is 23.4. The van der Waals surface area contributed by atoms with E-state index in [1.807, 2.05) is 0 Å². The van der Waals surface area contributed by atoms with Crippen molar-refractivity contribution >= 4 is 30.0 Å². The first kappa shape index (κ1) is 25.2. The molecular weight excluding hydrogens is 398 g/mol. The summed E-state index contributed by atoms with van der Waals surface area (Å²) < 4.78 is 10.2. The number of alkyl carbamates (subject to hydrolysis) is 2. The lowest BCUT2D eigenvalue weighted by Crippen LogP contribution is -2.50. The number of nitrogens with zero attached hydrogens (tertiary/aromatic N) is 1. The highest BCUT2D eigenvalue weighted by Crippen LogP contribution is 2.17. The molecule has 30 heavy (non-hydrogen) atoms. The second-order valence-corrected chi connectivity index (χ2v) is 9.21. The van der Waals surface area contributed by atoms with Gasteiger partial charge in [-0.25, -0.2) is 14.4 Å². The van der Waals surface area contributed by atoms with Crippen molar-refractivity contribution in [3.05, 3.63) is 0 Å². The monoisotopic (exact) mass is 429 g/mol. The lowest BCUT2D eigenvalue weighted by molar-refractivity contribution is -0.200. The summed E-state index contributed by atoms with van der Waals surface area (Å²) in [7, 11) is 0. The van der Waals surface area contributed by atoms with Crippen LogP contribution in [0.2, 0.25) is 0 Å². The van der Waals surface area contributed by atoms with Crippen LogP contribution in [0.25, 0.3) is 0 Å². The van der Waals surface area contributed by atoms with Gasteiger partial charge in [0, 0.05) is 0 Å². The van der Waals surface area contributed by atoms with Crippen molar-refractivity contribution in [2.75, 3.05) is 0 Å². The lowest BCUT2D eigenvalue weighted by atomic mass is 10.1. The first-order valence-corrected chi connectivity index (χ1v) is 9.58. The highest BCUT2D eigenvalue weighted by atomic mass is 16.7. The molecule has 1 rings (SSSR count). The Morgan fingerprint density at radius 1 is 0.967 bits per heavy atom. The van der Waals surface area contributed by atoms with Gasteiger partial charge in [0.25, 0.3) is 11.8 Å². The summed E-state index contributed by atoms with van der Waals surface area (Å²) in [5, 5.41) is 4.93. The topological polar surface area (TPSA) is 140 Å². The van der Waals surface area contributed by atoms with E-state index in [0.29, 0.717) is 0 Å². The van der Waals surface area contributed by atoms with Gasteiger partial charge in [0.05, 0.1) is 6.42 Å². The Balaban J connectivity index is 2.78. The number of rotatable bonds is 5. The quantitative estimate of drug-likeness (QED) is 0.629. The third kappa shape index (κ3) is 7.88. The Bertz CT molecular complexity index is 706. The molecule has 0 radical (unpaired) electrons. The zero-order valence-corrected chi connectivity index (χ0v) is 18.7. The molecule has 1 saturated heterocycles. The molecule has 0 aromatic carbocycles. The normalized spacial score (nSPS) is 18.2. The molecule has 0 spiro atoms. The maximum absolute atomic E-state index is 12.5. The summed E-state index contributed by atoms with van der Waals surface area (Å²) >= 11 is 0. The number of hydroxylamine groups is 2. The Morgan fingerprint density at radius 2 is 1.47 bits per heavy atom. The number of carbonyl (C=O) groups is 5. The Kier molecular flexibility index (Phi) is 7.82. The molecule has 0 unspecified atom stereocenters. The zero-order valence-electron chi connectivity index (χ0n) is 18.7. The minimum atomic E-state index is -1.23. The molecule has 0 bridgehead atoms. The Labute approximate surface area is 175 Å². The van der Waals surface area contributed by atoms with Crippen molar-refractivity contribution in [2.45, 2.75) is 85.1 Å². The van der Waals surface area contributed by atoms with Crippen molar-refractivity contribution in [3.63, 3.8) is 0 Å². The molecule has 2 atom stereocenters. The molecule has 1 aliphatic rings. The number of ether oxygens (including phenoxy) is 2. The predicted octanol–water partition coefficient (Wildman–Crippen LogP) is 1.65. The molecule has 4 amide bonds. The van der Waals surface area contributed by atoms with E-state index in [9.17, 15) is 24.0 Å². The fourth-order valence-corrected chi connectivity index (χ4v) is 2.35.